The van der Waals surface area contributed by atoms with Crippen LogP contribution in [0, 0.1) is 6.92 Å². The van der Waals surface area contributed by atoms with Crippen LogP contribution in [0.4, 0.5) is 5.82 Å². The number of nitrogens with one attached hydrogen (secondary N) is 1. The summed E-state index contributed by atoms with van der Waals surface area (Å²) in [5.74, 6) is 1.55. The maximum atomic E-state index is 12.2. The zero-order valence-corrected chi connectivity index (χ0v) is 14.1. The first-order valence-electron chi connectivity index (χ1n) is 7.29. The Kier molecular flexibility index (Phi) is 6.01. The number of hydrogen-bond donors (Lipinski definition) is 1. The minimum atomic E-state index is -0.332. The standard InChI is InChI=1S/C16H20ClN3O3/c1-11-10-15(19-23-11)18-16(21)12(2)20(3)8-9-22-14-7-5-4-6-13(14)17/h4-7,10,12H,8-9H2,1-3H3,(H,18,19,21). The van der Waals surface area contributed by atoms with E-state index in [-0.39, 0.29) is 11.9 Å². The van der Waals surface area contributed by atoms with Gasteiger partial charge in [0.2, 0.25) is 5.91 Å². The molecular weight excluding hydrogens is 318 g/mol. The Morgan fingerprint density at radius 1 is 1.48 bits per heavy atom. The van der Waals surface area contributed by atoms with E-state index in [4.69, 9.17) is 20.9 Å². The van der Waals surface area contributed by atoms with Crippen LogP contribution < -0.4 is 10.1 Å². The lowest BCUT2D eigenvalue weighted by Crippen LogP contribution is -2.41. The molecule has 1 aromatic carbocycles. The maximum absolute atomic E-state index is 12.2. The van der Waals surface area contributed by atoms with Crippen molar-refractivity contribution in [3.8, 4) is 5.75 Å². The molecule has 0 saturated carbocycles. The average Bonchev–Trinajstić information content (AvgIpc) is 2.93. The van der Waals surface area contributed by atoms with Crippen molar-refractivity contribution in [3.63, 3.8) is 0 Å². The third-order valence-electron chi connectivity index (χ3n) is 3.46. The quantitative estimate of drug-likeness (QED) is 0.841. The van der Waals surface area contributed by atoms with Gasteiger partial charge in [0.05, 0.1) is 11.1 Å². The van der Waals surface area contributed by atoms with Gasteiger partial charge in [-0.3, -0.25) is 9.69 Å². The van der Waals surface area contributed by atoms with Crippen molar-refractivity contribution in [2.24, 2.45) is 0 Å². The van der Waals surface area contributed by atoms with Gasteiger partial charge in [0, 0.05) is 12.6 Å². The minimum Gasteiger partial charge on any atom is -0.491 e. The molecule has 1 atom stereocenters. The van der Waals surface area contributed by atoms with Crippen LogP contribution in [-0.2, 0) is 4.79 Å². The van der Waals surface area contributed by atoms with Crippen molar-refractivity contribution in [1.82, 2.24) is 10.1 Å². The number of carbonyl (C=O) groups excluding carboxylic acids is 1. The monoisotopic (exact) mass is 337 g/mol. The molecule has 0 radical (unpaired) electrons. The van der Waals surface area contributed by atoms with E-state index in [9.17, 15) is 4.79 Å². The van der Waals surface area contributed by atoms with Crippen molar-refractivity contribution in [2.75, 3.05) is 25.5 Å². The fraction of sp³-hybridized carbons (Fsp3) is 0.375. The van der Waals surface area contributed by atoms with Crippen molar-refractivity contribution in [3.05, 3.63) is 41.1 Å². The topological polar surface area (TPSA) is 67.6 Å². The number of hydrogen-bond acceptors (Lipinski definition) is 5. The Balaban J connectivity index is 1.79. The number of likely N-dealkylation sites (N-methyl/N-ethyl adjacent to an activating group) is 1. The zero-order valence-electron chi connectivity index (χ0n) is 13.4. The molecule has 0 spiro atoms. The lowest BCUT2D eigenvalue weighted by molar-refractivity contribution is -0.120. The van der Waals surface area contributed by atoms with E-state index in [0.29, 0.717) is 35.5 Å². The number of aryl methyl sites for hydroxylation is 1. The highest BCUT2D eigenvalue weighted by Gasteiger charge is 2.19. The third kappa shape index (κ3) is 4.97. The fourth-order valence-electron chi connectivity index (χ4n) is 1.91. The van der Waals surface area contributed by atoms with Crippen LogP contribution >= 0.6 is 11.6 Å². The summed E-state index contributed by atoms with van der Waals surface area (Å²) in [6.07, 6.45) is 0. The average molecular weight is 338 g/mol. The summed E-state index contributed by atoms with van der Waals surface area (Å²) < 4.78 is 10.5. The summed E-state index contributed by atoms with van der Waals surface area (Å²) in [7, 11) is 1.86. The first-order chi connectivity index (χ1) is 11.0. The molecule has 7 heteroatoms. The van der Waals surface area contributed by atoms with Gasteiger partial charge in [0.15, 0.2) is 5.82 Å². The van der Waals surface area contributed by atoms with Gasteiger partial charge in [-0.05, 0) is 33.0 Å². The second kappa shape index (κ2) is 7.99. The highest BCUT2D eigenvalue weighted by Crippen LogP contribution is 2.22. The lowest BCUT2D eigenvalue weighted by Gasteiger charge is -2.23. The Morgan fingerprint density at radius 3 is 2.87 bits per heavy atom. The van der Waals surface area contributed by atoms with Gasteiger partial charge in [0.25, 0.3) is 0 Å². The number of benzene rings is 1. The smallest absolute Gasteiger partial charge is 0.242 e. The number of para-hydroxylation sites is 1. The van der Waals surface area contributed by atoms with Gasteiger partial charge in [-0.2, -0.15) is 0 Å². The van der Waals surface area contributed by atoms with E-state index in [1.54, 1.807) is 19.1 Å². The van der Waals surface area contributed by atoms with Crippen LogP contribution in [0.1, 0.15) is 12.7 Å². The van der Waals surface area contributed by atoms with Gasteiger partial charge >= 0.3 is 0 Å². The summed E-state index contributed by atoms with van der Waals surface area (Å²) in [5, 5.41) is 7.03. The number of halogens is 1. The summed E-state index contributed by atoms with van der Waals surface area (Å²) in [5.41, 5.74) is 0. The molecule has 23 heavy (non-hydrogen) atoms. The predicted octanol–water partition coefficient (Wildman–Crippen LogP) is 2.97. The van der Waals surface area contributed by atoms with E-state index >= 15 is 0 Å². The number of ether oxygens (including phenoxy) is 1. The molecule has 1 unspecified atom stereocenters. The number of nitrogens with zero attached hydrogens (tertiary/aromatic N) is 2. The molecule has 1 aromatic heterocycles. The number of anilines is 1. The van der Waals surface area contributed by atoms with E-state index in [1.165, 1.54) is 0 Å². The maximum Gasteiger partial charge on any atom is 0.242 e. The third-order valence-corrected chi connectivity index (χ3v) is 3.77. The van der Waals surface area contributed by atoms with Gasteiger partial charge < -0.3 is 14.6 Å². The van der Waals surface area contributed by atoms with Gasteiger partial charge in [0.1, 0.15) is 18.1 Å². The van der Waals surface area contributed by atoms with Crippen LogP contribution in [0.3, 0.4) is 0 Å². The highest BCUT2D eigenvalue weighted by molar-refractivity contribution is 6.32. The van der Waals surface area contributed by atoms with E-state index in [2.05, 4.69) is 10.5 Å². The number of rotatable bonds is 7. The summed E-state index contributed by atoms with van der Waals surface area (Å²) in [4.78, 5) is 14.0. The largest absolute Gasteiger partial charge is 0.491 e. The first-order valence-corrected chi connectivity index (χ1v) is 7.67. The van der Waals surface area contributed by atoms with Crippen molar-refractivity contribution in [1.29, 1.82) is 0 Å². The molecule has 0 saturated heterocycles. The highest BCUT2D eigenvalue weighted by atomic mass is 35.5. The van der Waals surface area contributed by atoms with E-state index in [0.717, 1.165) is 0 Å². The van der Waals surface area contributed by atoms with Crippen molar-refractivity contribution in [2.45, 2.75) is 19.9 Å². The molecule has 1 heterocycles. The second-order valence-electron chi connectivity index (χ2n) is 5.25. The van der Waals surface area contributed by atoms with Gasteiger partial charge in [-0.15, -0.1) is 0 Å². The molecule has 124 valence electrons. The zero-order chi connectivity index (χ0) is 16.8. The van der Waals surface area contributed by atoms with E-state index < -0.39 is 0 Å². The molecule has 1 N–H and O–H groups in total. The van der Waals surface area contributed by atoms with Crippen molar-refractivity contribution < 1.29 is 14.1 Å². The Hall–Kier alpha value is -2.05. The summed E-state index contributed by atoms with van der Waals surface area (Å²) in [6, 6.07) is 8.63. The lowest BCUT2D eigenvalue weighted by atomic mass is 10.2. The molecule has 1 amide bonds. The van der Waals surface area contributed by atoms with Gasteiger partial charge in [-0.25, -0.2) is 0 Å². The number of aromatic nitrogens is 1. The minimum absolute atomic E-state index is 0.154. The molecule has 0 aliphatic carbocycles. The van der Waals surface area contributed by atoms with Gasteiger partial charge in [-0.1, -0.05) is 28.9 Å². The first kappa shape index (κ1) is 17.3. The molecule has 2 aromatic rings. The Bertz CT molecular complexity index is 660. The number of carbonyl (C=O) groups is 1. The van der Waals surface area contributed by atoms with Crippen LogP contribution in [-0.4, -0.2) is 42.2 Å². The summed E-state index contributed by atoms with van der Waals surface area (Å²) in [6.45, 7) is 4.60. The van der Waals surface area contributed by atoms with Crippen molar-refractivity contribution >= 4 is 23.3 Å². The fourth-order valence-corrected chi connectivity index (χ4v) is 2.10. The number of amides is 1. The SMILES string of the molecule is Cc1cc(NC(=O)C(C)N(C)CCOc2ccccc2Cl)no1. The Morgan fingerprint density at radius 2 is 2.22 bits per heavy atom. The molecule has 0 fully saturated rings. The molecule has 6 nitrogen and oxygen atoms in total. The van der Waals surface area contributed by atoms with Crippen LogP contribution in [0.2, 0.25) is 5.02 Å². The van der Waals surface area contributed by atoms with Crippen LogP contribution in [0.15, 0.2) is 34.9 Å². The molecule has 0 aliphatic heterocycles. The summed E-state index contributed by atoms with van der Waals surface area (Å²) >= 11 is 6.03. The van der Waals surface area contributed by atoms with Crippen LogP contribution in [0.5, 0.6) is 5.75 Å². The molecule has 2 rings (SSSR count). The van der Waals surface area contributed by atoms with E-state index in [1.807, 2.05) is 37.1 Å². The predicted molar refractivity (Wildman–Crippen MR) is 88.9 cm³/mol. The Labute approximate surface area is 140 Å². The second-order valence-corrected chi connectivity index (χ2v) is 5.65. The normalized spacial score (nSPS) is 12.2. The molecule has 0 aliphatic rings. The van der Waals surface area contributed by atoms with Crippen LogP contribution in [0.25, 0.3) is 0 Å². The molecule has 0 bridgehead atoms. The molecular formula is C16H20ClN3O3.